The minimum Gasteiger partial charge on any atom is -0.378 e. The van der Waals surface area contributed by atoms with Crippen molar-refractivity contribution in [1.29, 1.82) is 0 Å². The highest BCUT2D eigenvalue weighted by Gasteiger charge is 2.30. The topological polar surface area (TPSA) is 96.8 Å². The highest BCUT2D eigenvalue weighted by atomic mass is 19.1. The summed E-state index contributed by atoms with van der Waals surface area (Å²) in [6, 6.07) is 6.58. The second-order valence-corrected chi connectivity index (χ2v) is 11.6. The Morgan fingerprint density at radius 1 is 1.05 bits per heavy atom. The van der Waals surface area contributed by atoms with Crippen molar-refractivity contribution in [2.24, 2.45) is 11.8 Å². The van der Waals surface area contributed by atoms with Crippen molar-refractivity contribution in [3.05, 3.63) is 99.8 Å². The van der Waals surface area contributed by atoms with Gasteiger partial charge in [0, 0.05) is 23.6 Å². The molecule has 0 saturated heterocycles. The zero-order valence-electron chi connectivity index (χ0n) is 23.5. The molecule has 214 valence electrons. The van der Waals surface area contributed by atoms with Crippen molar-refractivity contribution in [2.45, 2.75) is 83.8 Å². The van der Waals surface area contributed by atoms with Crippen molar-refractivity contribution in [3.8, 4) is 0 Å². The van der Waals surface area contributed by atoms with Crippen LogP contribution >= 0.6 is 0 Å². The van der Waals surface area contributed by atoms with E-state index in [1.807, 2.05) is 6.92 Å². The van der Waals surface area contributed by atoms with Crippen LogP contribution in [-0.4, -0.2) is 33.9 Å². The van der Waals surface area contributed by atoms with E-state index in [1.54, 1.807) is 12.1 Å². The van der Waals surface area contributed by atoms with E-state index in [9.17, 15) is 19.7 Å². The first-order chi connectivity index (χ1) is 19.3. The van der Waals surface area contributed by atoms with Gasteiger partial charge in [-0.2, -0.15) is 0 Å². The molecular formula is C33H42FN3O3. The zero-order valence-corrected chi connectivity index (χ0v) is 23.5. The highest BCUT2D eigenvalue weighted by molar-refractivity contribution is 5.72. The predicted molar refractivity (Wildman–Crippen MR) is 156 cm³/mol. The quantitative estimate of drug-likeness (QED) is 0.236. The van der Waals surface area contributed by atoms with Gasteiger partial charge in [-0.15, -0.1) is 0 Å². The number of nitrogens with one attached hydrogen (secondary N) is 3. The average Bonchev–Trinajstić information content (AvgIpc) is 3.14. The van der Waals surface area contributed by atoms with Gasteiger partial charge < -0.3 is 26.0 Å². The van der Waals surface area contributed by atoms with E-state index >= 15 is 0 Å². The molecule has 1 aromatic carbocycles. The Morgan fingerprint density at radius 2 is 1.85 bits per heavy atom. The highest BCUT2D eigenvalue weighted by Crippen LogP contribution is 2.34. The molecule has 0 aromatic heterocycles. The summed E-state index contributed by atoms with van der Waals surface area (Å²) in [4.78, 5) is 0. The fraction of sp³-hybridized carbons (Fsp3) is 0.455. The van der Waals surface area contributed by atoms with Crippen LogP contribution in [0.25, 0.3) is 5.70 Å². The Bertz CT molecular complexity index is 1270. The van der Waals surface area contributed by atoms with Gasteiger partial charge in [-0.3, -0.25) is 5.32 Å². The molecule has 6 N–H and O–H groups in total. The SMILES string of the molecule is CC1=CCC2=C(C=C1)C(NC(O)C1C=C3NC(CCCC(C)C(O)O)=C(c4ccc(F)cc4)NC3=CC1)CCC2. The van der Waals surface area contributed by atoms with Gasteiger partial charge in [-0.25, -0.2) is 4.39 Å². The summed E-state index contributed by atoms with van der Waals surface area (Å²) in [5, 5.41) is 41.0. The largest absolute Gasteiger partial charge is 0.378 e. The van der Waals surface area contributed by atoms with E-state index in [4.69, 9.17) is 0 Å². The number of fused-ring (bicyclic) bond motifs is 1. The smallest absolute Gasteiger partial charge is 0.154 e. The van der Waals surface area contributed by atoms with Crippen LogP contribution in [-0.2, 0) is 0 Å². The number of rotatable bonds is 9. The van der Waals surface area contributed by atoms with Crippen LogP contribution in [0.5, 0.6) is 0 Å². The average molecular weight is 548 g/mol. The molecule has 5 rings (SSSR count). The molecule has 0 spiro atoms. The van der Waals surface area contributed by atoms with Crippen LogP contribution in [0.3, 0.4) is 0 Å². The molecule has 1 aliphatic heterocycles. The van der Waals surface area contributed by atoms with Gasteiger partial charge in [0.15, 0.2) is 6.29 Å². The first-order valence-corrected chi connectivity index (χ1v) is 14.6. The second kappa shape index (κ2) is 12.7. The predicted octanol–water partition coefficient (Wildman–Crippen LogP) is 5.26. The maximum absolute atomic E-state index is 13.6. The van der Waals surface area contributed by atoms with Crippen LogP contribution in [0.15, 0.2) is 88.5 Å². The third-order valence-corrected chi connectivity index (χ3v) is 8.57. The molecule has 0 amide bonds. The van der Waals surface area contributed by atoms with E-state index in [2.05, 4.69) is 53.3 Å². The van der Waals surface area contributed by atoms with Crippen LogP contribution in [0, 0.1) is 17.7 Å². The van der Waals surface area contributed by atoms with Crippen molar-refractivity contribution in [2.75, 3.05) is 0 Å². The summed E-state index contributed by atoms with van der Waals surface area (Å²) in [6.45, 7) is 3.96. The summed E-state index contributed by atoms with van der Waals surface area (Å²) in [7, 11) is 0. The maximum Gasteiger partial charge on any atom is 0.154 e. The number of aliphatic hydroxyl groups excluding tert-OH is 2. The van der Waals surface area contributed by atoms with Crippen LogP contribution in [0.4, 0.5) is 4.39 Å². The van der Waals surface area contributed by atoms with E-state index in [0.717, 1.165) is 60.5 Å². The van der Waals surface area contributed by atoms with Crippen molar-refractivity contribution in [1.82, 2.24) is 16.0 Å². The fourth-order valence-electron chi connectivity index (χ4n) is 6.01. The summed E-state index contributed by atoms with van der Waals surface area (Å²) in [5.74, 6) is -0.597. The Kier molecular flexibility index (Phi) is 9.06. The molecular weight excluding hydrogens is 505 g/mol. The maximum atomic E-state index is 13.6. The minimum atomic E-state index is -1.34. The van der Waals surface area contributed by atoms with Crippen molar-refractivity contribution in [3.63, 3.8) is 0 Å². The summed E-state index contributed by atoms with van der Waals surface area (Å²) < 4.78 is 13.6. The molecule has 7 heteroatoms. The number of allylic oxidation sites excluding steroid dienone is 6. The van der Waals surface area contributed by atoms with Gasteiger partial charge in [-0.1, -0.05) is 48.5 Å². The molecule has 0 bridgehead atoms. The number of aliphatic hydroxyl groups is 3. The minimum absolute atomic E-state index is 0.0909. The Morgan fingerprint density at radius 3 is 2.62 bits per heavy atom. The molecule has 4 aliphatic rings. The van der Waals surface area contributed by atoms with E-state index in [1.165, 1.54) is 28.9 Å². The van der Waals surface area contributed by atoms with Gasteiger partial charge in [0.2, 0.25) is 0 Å². The zero-order chi connectivity index (χ0) is 28.2. The molecule has 4 atom stereocenters. The van der Waals surface area contributed by atoms with Gasteiger partial charge >= 0.3 is 0 Å². The summed E-state index contributed by atoms with van der Waals surface area (Å²) in [5.41, 5.74) is 8.68. The lowest BCUT2D eigenvalue weighted by atomic mass is 9.85. The Hall–Kier alpha value is -2.97. The van der Waals surface area contributed by atoms with Gasteiger partial charge in [-0.05, 0) is 93.7 Å². The number of hydrogen-bond donors (Lipinski definition) is 6. The Labute approximate surface area is 236 Å². The normalized spacial score (nSPS) is 24.2. The molecule has 1 aromatic rings. The molecule has 6 nitrogen and oxygen atoms in total. The van der Waals surface area contributed by atoms with Gasteiger partial charge in [0.25, 0.3) is 0 Å². The monoisotopic (exact) mass is 547 g/mol. The number of hydrogen-bond acceptors (Lipinski definition) is 6. The molecule has 4 unspecified atom stereocenters. The molecule has 3 aliphatic carbocycles. The van der Waals surface area contributed by atoms with Crippen LogP contribution < -0.4 is 16.0 Å². The lowest BCUT2D eigenvalue weighted by Crippen LogP contribution is -2.45. The molecule has 40 heavy (non-hydrogen) atoms. The first kappa shape index (κ1) is 28.6. The summed E-state index contributed by atoms with van der Waals surface area (Å²) in [6.07, 6.45) is 15.9. The molecule has 0 radical (unpaired) electrons. The molecule has 0 saturated carbocycles. The second-order valence-electron chi connectivity index (χ2n) is 11.6. The number of benzene rings is 1. The van der Waals surface area contributed by atoms with Crippen LogP contribution in [0.2, 0.25) is 0 Å². The van der Waals surface area contributed by atoms with Crippen molar-refractivity contribution >= 4 is 5.70 Å². The van der Waals surface area contributed by atoms with Crippen molar-refractivity contribution < 1.29 is 19.7 Å². The van der Waals surface area contributed by atoms with Gasteiger partial charge in [0.1, 0.15) is 12.0 Å². The lowest BCUT2D eigenvalue weighted by molar-refractivity contribution is -0.0806. The van der Waals surface area contributed by atoms with E-state index < -0.39 is 12.5 Å². The summed E-state index contributed by atoms with van der Waals surface area (Å²) >= 11 is 0. The Balaban J connectivity index is 1.32. The lowest BCUT2D eigenvalue weighted by Gasteiger charge is -2.35. The fourth-order valence-corrected chi connectivity index (χ4v) is 6.01. The van der Waals surface area contributed by atoms with Gasteiger partial charge in [0.05, 0.1) is 17.1 Å². The molecule has 0 fully saturated rings. The van der Waals surface area contributed by atoms with E-state index in [-0.39, 0.29) is 23.7 Å². The third kappa shape index (κ3) is 6.66. The number of halogens is 1. The van der Waals surface area contributed by atoms with E-state index in [0.29, 0.717) is 19.3 Å². The van der Waals surface area contributed by atoms with Crippen LogP contribution in [0.1, 0.15) is 70.8 Å². The molecule has 1 heterocycles. The standard InChI is InChI=1S/C33H42FN3O3/c1-20-9-11-22-6-4-7-27(26(22)17-10-20)37-32(38)24-14-18-28-30(19-24)35-29(8-3-5-21(2)33(39)40)31(36-28)23-12-15-25(34)16-13-23/h9-10,12-13,15-19,21,24,27,32-33,35-40H,3-8,11,14H2,1-2H3. The third-order valence-electron chi connectivity index (χ3n) is 8.57. The first-order valence-electron chi connectivity index (χ1n) is 14.6.